The number of benzene rings is 1. The van der Waals surface area contributed by atoms with Crippen LogP contribution in [0.15, 0.2) is 36.0 Å². The Morgan fingerprint density at radius 2 is 1.92 bits per heavy atom. The first-order chi connectivity index (χ1) is 12.6. The van der Waals surface area contributed by atoms with Crippen LogP contribution in [0.3, 0.4) is 0 Å². The van der Waals surface area contributed by atoms with E-state index in [-0.39, 0.29) is 5.69 Å². The van der Waals surface area contributed by atoms with E-state index in [2.05, 4.69) is 20.2 Å². The molecule has 26 heavy (non-hydrogen) atoms. The minimum atomic E-state index is -0.660. The summed E-state index contributed by atoms with van der Waals surface area (Å²) in [6.45, 7) is 2.86. The molecular weight excluding hydrogens is 376 g/mol. The molecule has 0 aliphatic carbocycles. The van der Waals surface area contributed by atoms with E-state index < -0.39 is 11.6 Å². The monoisotopic (exact) mass is 391 g/mol. The van der Waals surface area contributed by atoms with Crippen molar-refractivity contribution in [2.45, 2.75) is 0 Å². The normalized spacial score (nSPS) is 14.7. The van der Waals surface area contributed by atoms with Crippen molar-refractivity contribution < 1.29 is 8.78 Å². The second-order valence-corrected chi connectivity index (χ2v) is 7.15. The van der Waals surface area contributed by atoms with Crippen molar-refractivity contribution >= 4 is 50.4 Å². The molecule has 2 aromatic heterocycles. The van der Waals surface area contributed by atoms with Crippen molar-refractivity contribution in [1.82, 2.24) is 14.9 Å². The molecule has 5 nitrogen and oxygen atoms in total. The number of piperazine rings is 1. The van der Waals surface area contributed by atoms with Crippen LogP contribution < -0.4 is 10.2 Å². The number of halogens is 2. The lowest BCUT2D eigenvalue weighted by atomic mass is 10.2. The maximum atomic E-state index is 13.8. The van der Waals surface area contributed by atoms with Gasteiger partial charge in [0.15, 0.2) is 5.11 Å². The van der Waals surface area contributed by atoms with Crippen LogP contribution in [0.1, 0.15) is 0 Å². The Morgan fingerprint density at radius 1 is 1.12 bits per heavy atom. The number of thiocarbonyl (C=S) groups is 1. The average Bonchev–Trinajstić information content (AvgIpc) is 3.13. The summed E-state index contributed by atoms with van der Waals surface area (Å²) < 4.78 is 26.8. The van der Waals surface area contributed by atoms with Crippen molar-refractivity contribution in [2.75, 3.05) is 36.4 Å². The Morgan fingerprint density at radius 3 is 2.69 bits per heavy atom. The van der Waals surface area contributed by atoms with E-state index >= 15 is 0 Å². The van der Waals surface area contributed by atoms with Gasteiger partial charge in [0.1, 0.15) is 28.6 Å². The highest BCUT2D eigenvalue weighted by molar-refractivity contribution is 7.80. The van der Waals surface area contributed by atoms with Gasteiger partial charge in [0.2, 0.25) is 0 Å². The molecule has 1 N–H and O–H groups in total. The first kappa shape index (κ1) is 17.0. The predicted molar refractivity (Wildman–Crippen MR) is 104 cm³/mol. The molecule has 1 fully saturated rings. The molecule has 134 valence electrons. The first-order valence-electron chi connectivity index (χ1n) is 8.06. The number of fused-ring (bicyclic) bond motifs is 1. The van der Waals surface area contributed by atoms with Crippen molar-refractivity contribution in [3.63, 3.8) is 0 Å². The lowest BCUT2D eigenvalue weighted by Crippen LogP contribution is -2.50. The summed E-state index contributed by atoms with van der Waals surface area (Å²) in [5, 5.41) is 6.35. The van der Waals surface area contributed by atoms with Gasteiger partial charge in [-0.2, -0.15) is 0 Å². The number of hydrogen-bond acceptors (Lipinski definition) is 5. The molecule has 0 saturated carbocycles. The molecule has 0 unspecified atom stereocenters. The Hall–Kier alpha value is -2.39. The second kappa shape index (κ2) is 7.08. The zero-order valence-corrected chi connectivity index (χ0v) is 15.3. The smallest absolute Gasteiger partial charge is 0.173 e. The van der Waals surface area contributed by atoms with Gasteiger partial charge in [0.05, 0.1) is 11.1 Å². The summed E-state index contributed by atoms with van der Waals surface area (Å²) in [4.78, 5) is 13.9. The van der Waals surface area contributed by atoms with E-state index in [4.69, 9.17) is 12.2 Å². The lowest BCUT2D eigenvalue weighted by Gasteiger charge is -2.37. The Balaban J connectivity index is 1.41. The van der Waals surface area contributed by atoms with Crippen LogP contribution in [0.25, 0.3) is 10.2 Å². The van der Waals surface area contributed by atoms with E-state index in [9.17, 15) is 8.78 Å². The van der Waals surface area contributed by atoms with Gasteiger partial charge >= 0.3 is 0 Å². The minimum absolute atomic E-state index is 0.176. The van der Waals surface area contributed by atoms with Gasteiger partial charge in [0, 0.05) is 32.2 Å². The molecule has 1 saturated heterocycles. The fourth-order valence-electron chi connectivity index (χ4n) is 2.94. The molecule has 1 aliphatic rings. The number of thiophene rings is 1. The van der Waals surface area contributed by atoms with Gasteiger partial charge in [-0.3, -0.25) is 0 Å². The molecule has 1 aliphatic heterocycles. The third-order valence-corrected chi connectivity index (χ3v) is 5.46. The van der Waals surface area contributed by atoms with E-state index in [1.165, 1.54) is 12.1 Å². The number of hydrogen-bond donors (Lipinski definition) is 1. The van der Waals surface area contributed by atoms with Crippen molar-refractivity contribution in [3.8, 4) is 0 Å². The topological polar surface area (TPSA) is 44.3 Å². The number of nitrogens with zero attached hydrogens (tertiary/aromatic N) is 4. The van der Waals surface area contributed by atoms with Crippen LogP contribution in [0.2, 0.25) is 0 Å². The molecule has 3 aromatic rings. The summed E-state index contributed by atoms with van der Waals surface area (Å²) in [6.07, 6.45) is 1.59. The highest BCUT2D eigenvalue weighted by Crippen LogP contribution is 2.27. The summed E-state index contributed by atoms with van der Waals surface area (Å²) in [5.74, 6) is -0.344. The van der Waals surface area contributed by atoms with E-state index in [0.29, 0.717) is 18.2 Å². The lowest BCUT2D eigenvalue weighted by molar-refractivity contribution is 0.390. The van der Waals surface area contributed by atoms with Gasteiger partial charge in [-0.25, -0.2) is 18.7 Å². The standard InChI is InChI=1S/C17H15F2N5S2/c18-11-1-2-14(13(19)9-11)22-17(25)24-6-4-23(5-7-24)15-12-3-8-26-16(12)21-10-20-15/h1-3,8-10H,4-7H2,(H,22,25). The van der Waals surface area contributed by atoms with Crippen LogP contribution in [0, 0.1) is 11.6 Å². The molecule has 0 bridgehead atoms. The molecule has 1 aromatic carbocycles. The van der Waals surface area contributed by atoms with Gasteiger partial charge in [-0.1, -0.05) is 0 Å². The fourth-order valence-corrected chi connectivity index (χ4v) is 3.96. The summed E-state index contributed by atoms with van der Waals surface area (Å²) >= 11 is 6.97. The Kier molecular flexibility index (Phi) is 4.64. The number of aromatic nitrogens is 2. The molecule has 0 spiro atoms. The van der Waals surface area contributed by atoms with Crippen molar-refractivity contribution in [3.05, 3.63) is 47.6 Å². The summed E-state index contributed by atoms with van der Waals surface area (Å²) in [5.41, 5.74) is 0.176. The first-order valence-corrected chi connectivity index (χ1v) is 9.35. The highest BCUT2D eigenvalue weighted by atomic mass is 32.1. The van der Waals surface area contributed by atoms with Crippen LogP contribution in [-0.2, 0) is 0 Å². The van der Waals surface area contributed by atoms with Crippen LogP contribution in [0.4, 0.5) is 20.3 Å². The van der Waals surface area contributed by atoms with Crippen LogP contribution >= 0.6 is 23.6 Å². The maximum absolute atomic E-state index is 13.8. The Bertz CT molecular complexity index is 953. The highest BCUT2D eigenvalue weighted by Gasteiger charge is 2.22. The maximum Gasteiger partial charge on any atom is 0.173 e. The van der Waals surface area contributed by atoms with Crippen molar-refractivity contribution in [1.29, 1.82) is 0 Å². The van der Waals surface area contributed by atoms with E-state index in [1.807, 2.05) is 16.3 Å². The Labute approximate surface area is 158 Å². The quantitative estimate of drug-likeness (QED) is 0.675. The SMILES string of the molecule is Fc1ccc(NC(=S)N2CCN(c3ncnc4sccc34)CC2)c(F)c1. The molecule has 3 heterocycles. The van der Waals surface area contributed by atoms with Gasteiger partial charge in [-0.15, -0.1) is 11.3 Å². The largest absolute Gasteiger partial charge is 0.352 e. The molecule has 0 atom stereocenters. The molecular formula is C17H15F2N5S2. The number of rotatable bonds is 2. The summed E-state index contributed by atoms with van der Waals surface area (Å²) in [6, 6.07) is 5.42. The van der Waals surface area contributed by atoms with E-state index in [1.54, 1.807) is 17.7 Å². The minimum Gasteiger partial charge on any atom is -0.352 e. The zero-order valence-electron chi connectivity index (χ0n) is 13.7. The van der Waals surface area contributed by atoms with E-state index in [0.717, 1.165) is 35.2 Å². The molecule has 0 radical (unpaired) electrons. The third kappa shape index (κ3) is 3.32. The number of nitrogens with one attached hydrogen (secondary N) is 1. The van der Waals surface area contributed by atoms with Gasteiger partial charge in [0.25, 0.3) is 0 Å². The average molecular weight is 391 g/mol. The molecule has 4 rings (SSSR count). The summed E-state index contributed by atoms with van der Waals surface area (Å²) in [7, 11) is 0. The van der Waals surface area contributed by atoms with Crippen molar-refractivity contribution in [2.24, 2.45) is 0 Å². The fraction of sp³-hybridized carbons (Fsp3) is 0.235. The second-order valence-electron chi connectivity index (χ2n) is 5.87. The van der Waals surface area contributed by atoms with Gasteiger partial charge in [-0.05, 0) is 35.8 Å². The predicted octanol–water partition coefficient (Wildman–Crippen LogP) is 3.49. The number of anilines is 2. The zero-order chi connectivity index (χ0) is 18.1. The van der Waals surface area contributed by atoms with Crippen LogP contribution in [-0.4, -0.2) is 46.2 Å². The van der Waals surface area contributed by atoms with Crippen LogP contribution in [0.5, 0.6) is 0 Å². The van der Waals surface area contributed by atoms with Gasteiger partial charge < -0.3 is 15.1 Å². The molecule has 9 heteroatoms. The third-order valence-electron chi connectivity index (χ3n) is 4.28. The molecule has 0 amide bonds.